The van der Waals surface area contributed by atoms with Crippen LogP contribution in [0.5, 0.6) is 0 Å². The van der Waals surface area contributed by atoms with Crippen LogP contribution in [0.15, 0.2) is 10.7 Å². The molecular weight excluding hydrogens is 244 g/mol. The summed E-state index contributed by atoms with van der Waals surface area (Å²) in [6.45, 7) is 0.989. The summed E-state index contributed by atoms with van der Waals surface area (Å²) in [6, 6.07) is 1.84. The third-order valence-corrected chi connectivity index (χ3v) is 2.92. The molecule has 1 fully saturated rings. The maximum Gasteiger partial charge on any atom is 0.223 e. The summed E-state index contributed by atoms with van der Waals surface area (Å²) in [7, 11) is 0. The first-order valence-electron chi connectivity index (χ1n) is 4.78. The Labute approximate surface area is 91.4 Å². The van der Waals surface area contributed by atoms with E-state index in [1.165, 1.54) is 19.3 Å². The Balaban J connectivity index is 1.94. The molecule has 0 atom stereocenters. The molecule has 1 heterocycles. The highest BCUT2D eigenvalue weighted by atomic mass is 79.9. The number of aromatic nitrogens is 2. The van der Waals surface area contributed by atoms with Crippen molar-refractivity contribution in [3.63, 3.8) is 0 Å². The predicted molar refractivity (Wildman–Crippen MR) is 60.0 cm³/mol. The van der Waals surface area contributed by atoms with Gasteiger partial charge in [-0.2, -0.15) is 4.98 Å². The van der Waals surface area contributed by atoms with E-state index in [0.29, 0.717) is 5.95 Å². The molecule has 0 unspecified atom stereocenters. The molecule has 0 saturated heterocycles. The number of rotatable bonds is 3. The Morgan fingerprint density at radius 2 is 2.29 bits per heavy atom. The lowest BCUT2D eigenvalue weighted by Crippen LogP contribution is -2.21. The second kappa shape index (κ2) is 4.13. The van der Waals surface area contributed by atoms with Crippen LogP contribution >= 0.6 is 15.9 Å². The number of nitrogen functional groups attached to an aromatic ring is 1. The van der Waals surface area contributed by atoms with Gasteiger partial charge in [-0.15, -0.1) is 0 Å². The number of nitrogens with two attached hydrogens (primary N) is 1. The van der Waals surface area contributed by atoms with Crippen LogP contribution < -0.4 is 11.1 Å². The molecule has 76 valence electrons. The molecule has 0 bridgehead atoms. The third-order valence-electron chi connectivity index (χ3n) is 2.51. The third kappa shape index (κ3) is 2.35. The van der Waals surface area contributed by atoms with Crippen LogP contribution in [0, 0.1) is 5.92 Å². The van der Waals surface area contributed by atoms with Gasteiger partial charge in [0, 0.05) is 12.6 Å². The lowest BCUT2D eigenvalue weighted by atomic mass is 9.85. The zero-order chi connectivity index (χ0) is 9.97. The molecule has 3 N–H and O–H groups in total. The summed E-state index contributed by atoms with van der Waals surface area (Å²) in [5.74, 6) is 1.91. The molecule has 1 aliphatic carbocycles. The Morgan fingerprint density at radius 1 is 1.50 bits per heavy atom. The second-order valence-electron chi connectivity index (χ2n) is 3.61. The van der Waals surface area contributed by atoms with Crippen molar-refractivity contribution in [2.75, 3.05) is 17.6 Å². The smallest absolute Gasteiger partial charge is 0.223 e. The molecule has 5 heteroatoms. The van der Waals surface area contributed by atoms with Crippen LogP contribution in [0.2, 0.25) is 0 Å². The van der Waals surface area contributed by atoms with Gasteiger partial charge in [0.2, 0.25) is 5.95 Å². The van der Waals surface area contributed by atoms with E-state index in [1.807, 2.05) is 6.07 Å². The van der Waals surface area contributed by atoms with Gasteiger partial charge >= 0.3 is 0 Å². The molecule has 14 heavy (non-hydrogen) atoms. The summed E-state index contributed by atoms with van der Waals surface area (Å²) >= 11 is 3.28. The van der Waals surface area contributed by atoms with Crippen molar-refractivity contribution >= 4 is 27.7 Å². The van der Waals surface area contributed by atoms with Gasteiger partial charge in [-0.1, -0.05) is 6.42 Å². The molecule has 2 rings (SSSR count). The topological polar surface area (TPSA) is 63.8 Å². The standard InChI is InChI=1S/C9H13BrN4/c10-7-4-8(14-9(11)13-7)12-5-6-2-1-3-6/h4,6H,1-3,5H2,(H3,11,12,13,14). The summed E-state index contributed by atoms with van der Waals surface area (Å²) in [4.78, 5) is 8.03. The van der Waals surface area contributed by atoms with E-state index >= 15 is 0 Å². The van der Waals surface area contributed by atoms with Gasteiger partial charge in [0.25, 0.3) is 0 Å². The van der Waals surface area contributed by atoms with Crippen LogP contribution in [0.3, 0.4) is 0 Å². The van der Waals surface area contributed by atoms with Crippen molar-refractivity contribution < 1.29 is 0 Å². The SMILES string of the molecule is Nc1nc(Br)cc(NCC2CCC2)n1. The second-order valence-corrected chi connectivity index (χ2v) is 4.42. The first kappa shape index (κ1) is 9.71. The summed E-state index contributed by atoms with van der Waals surface area (Å²) in [5.41, 5.74) is 5.52. The molecule has 1 saturated carbocycles. The highest BCUT2D eigenvalue weighted by Crippen LogP contribution is 2.26. The molecule has 1 aromatic heterocycles. The van der Waals surface area contributed by atoms with E-state index in [1.54, 1.807) is 0 Å². The summed E-state index contributed by atoms with van der Waals surface area (Å²) in [5, 5.41) is 3.27. The van der Waals surface area contributed by atoms with Crippen LogP contribution in [-0.4, -0.2) is 16.5 Å². The molecule has 0 radical (unpaired) electrons. The van der Waals surface area contributed by atoms with E-state index < -0.39 is 0 Å². The number of anilines is 2. The summed E-state index contributed by atoms with van der Waals surface area (Å²) in [6.07, 6.45) is 4.02. The minimum absolute atomic E-state index is 0.301. The Hall–Kier alpha value is -0.840. The molecule has 1 aromatic rings. The number of halogens is 1. The molecule has 1 aliphatic rings. The molecule has 0 aromatic carbocycles. The lowest BCUT2D eigenvalue weighted by molar-refractivity contribution is 0.333. The predicted octanol–water partition coefficient (Wildman–Crippen LogP) is 2.03. The van der Waals surface area contributed by atoms with E-state index in [-0.39, 0.29) is 0 Å². The van der Waals surface area contributed by atoms with Gasteiger partial charge in [0.05, 0.1) is 0 Å². The van der Waals surface area contributed by atoms with Crippen molar-refractivity contribution in [1.29, 1.82) is 0 Å². The minimum atomic E-state index is 0.301. The minimum Gasteiger partial charge on any atom is -0.370 e. The normalized spacial score (nSPS) is 16.4. The highest BCUT2D eigenvalue weighted by Gasteiger charge is 2.16. The summed E-state index contributed by atoms with van der Waals surface area (Å²) < 4.78 is 0.723. The van der Waals surface area contributed by atoms with Gasteiger partial charge in [-0.05, 0) is 34.7 Å². The number of hydrogen-bond acceptors (Lipinski definition) is 4. The lowest BCUT2D eigenvalue weighted by Gasteiger charge is -2.25. The van der Waals surface area contributed by atoms with E-state index in [4.69, 9.17) is 5.73 Å². The quantitative estimate of drug-likeness (QED) is 0.813. The van der Waals surface area contributed by atoms with E-state index in [0.717, 1.165) is 22.9 Å². The van der Waals surface area contributed by atoms with Crippen LogP contribution in [0.25, 0.3) is 0 Å². The first-order valence-corrected chi connectivity index (χ1v) is 5.57. The van der Waals surface area contributed by atoms with E-state index in [2.05, 4.69) is 31.2 Å². The van der Waals surface area contributed by atoms with Crippen molar-refractivity contribution in [1.82, 2.24) is 9.97 Å². The van der Waals surface area contributed by atoms with Gasteiger partial charge in [-0.25, -0.2) is 4.98 Å². The van der Waals surface area contributed by atoms with Gasteiger partial charge < -0.3 is 11.1 Å². The van der Waals surface area contributed by atoms with E-state index in [9.17, 15) is 0 Å². The van der Waals surface area contributed by atoms with Crippen LogP contribution in [-0.2, 0) is 0 Å². The fraction of sp³-hybridized carbons (Fsp3) is 0.556. The number of hydrogen-bond donors (Lipinski definition) is 2. The Bertz CT molecular complexity index is 304. The van der Waals surface area contributed by atoms with Crippen molar-refractivity contribution in [2.45, 2.75) is 19.3 Å². The van der Waals surface area contributed by atoms with Crippen molar-refractivity contribution in [2.24, 2.45) is 5.92 Å². The fourth-order valence-electron chi connectivity index (χ4n) is 1.47. The van der Waals surface area contributed by atoms with Gasteiger partial charge in [-0.3, -0.25) is 0 Å². The van der Waals surface area contributed by atoms with Crippen molar-refractivity contribution in [3.05, 3.63) is 10.7 Å². The van der Waals surface area contributed by atoms with Gasteiger partial charge in [0.1, 0.15) is 10.4 Å². The molecule has 4 nitrogen and oxygen atoms in total. The highest BCUT2D eigenvalue weighted by molar-refractivity contribution is 9.10. The van der Waals surface area contributed by atoms with Gasteiger partial charge in [0.15, 0.2) is 0 Å². The Morgan fingerprint density at radius 3 is 2.86 bits per heavy atom. The fourth-order valence-corrected chi connectivity index (χ4v) is 1.87. The van der Waals surface area contributed by atoms with Crippen LogP contribution in [0.4, 0.5) is 11.8 Å². The zero-order valence-electron chi connectivity index (χ0n) is 7.83. The average molecular weight is 257 g/mol. The molecule has 0 aliphatic heterocycles. The maximum atomic E-state index is 5.52. The maximum absolute atomic E-state index is 5.52. The molecule has 0 spiro atoms. The monoisotopic (exact) mass is 256 g/mol. The largest absolute Gasteiger partial charge is 0.370 e. The Kier molecular flexibility index (Phi) is 2.86. The van der Waals surface area contributed by atoms with Crippen LogP contribution in [0.1, 0.15) is 19.3 Å². The molecule has 0 amide bonds. The zero-order valence-corrected chi connectivity index (χ0v) is 9.42. The molecular formula is C9H13BrN4. The van der Waals surface area contributed by atoms with Crippen molar-refractivity contribution in [3.8, 4) is 0 Å². The number of nitrogens with zero attached hydrogens (tertiary/aromatic N) is 2. The average Bonchev–Trinajstić information content (AvgIpc) is 1.99. The first-order chi connectivity index (χ1) is 6.74. The number of nitrogens with one attached hydrogen (secondary N) is 1.